The van der Waals surface area contributed by atoms with Gasteiger partial charge in [-0.2, -0.15) is 0 Å². The Labute approximate surface area is 113 Å². The molecule has 2 bridgehead atoms. The van der Waals surface area contributed by atoms with Gasteiger partial charge in [0.1, 0.15) is 4.75 Å². The van der Waals surface area contributed by atoms with Crippen LogP contribution in [0.3, 0.4) is 0 Å². The van der Waals surface area contributed by atoms with Gasteiger partial charge in [0.2, 0.25) is 0 Å². The largest absolute Gasteiger partial charge is 0.383 e. The van der Waals surface area contributed by atoms with E-state index in [2.05, 4.69) is 4.99 Å². The third-order valence-corrected chi connectivity index (χ3v) is 6.00. The van der Waals surface area contributed by atoms with Gasteiger partial charge in [0.05, 0.1) is 11.7 Å². The van der Waals surface area contributed by atoms with Crippen LogP contribution in [0.5, 0.6) is 0 Å². The lowest BCUT2D eigenvalue weighted by molar-refractivity contribution is -0.120. The van der Waals surface area contributed by atoms with Crippen LogP contribution >= 0.6 is 11.8 Å². The van der Waals surface area contributed by atoms with E-state index in [9.17, 15) is 4.79 Å². The van der Waals surface area contributed by atoms with Crippen molar-refractivity contribution in [3.8, 4) is 0 Å². The third-order valence-electron chi connectivity index (χ3n) is 4.76. The number of hydrogen-bond acceptors (Lipinski definition) is 3. The molecule has 3 aliphatic rings. The van der Waals surface area contributed by atoms with Crippen molar-refractivity contribution >= 4 is 22.7 Å². The predicted octanol–water partition coefficient (Wildman–Crippen LogP) is 2.89. The van der Waals surface area contributed by atoms with Gasteiger partial charge < -0.3 is 4.74 Å². The minimum Gasteiger partial charge on any atom is -0.383 e. The van der Waals surface area contributed by atoms with E-state index in [0.717, 1.165) is 29.2 Å². The number of amides is 1. The molecule has 0 radical (unpaired) electrons. The quantitative estimate of drug-likeness (QED) is 0.786. The van der Waals surface area contributed by atoms with E-state index in [-0.39, 0.29) is 5.91 Å². The number of rotatable bonds is 4. The van der Waals surface area contributed by atoms with Gasteiger partial charge in [0.15, 0.2) is 0 Å². The van der Waals surface area contributed by atoms with Crippen molar-refractivity contribution in [1.29, 1.82) is 0 Å². The van der Waals surface area contributed by atoms with E-state index in [1.54, 1.807) is 18.9 Å². The first-order valence-electron chi connectivity index (χ1n) is 6.90. The van der Waals surface area contributed by atoms with Gasteiger partial charge >= 0.3 is 0 Å². The number of nitrogens with zero attached hydrogens (tertiary/aromatic N) is 1. The predicted molar refractivity (Wildman–Crippen MR) is 73.9 cm³/mol. The number of thioether (sulfide) groups is 1. The summed E-state index contributed by atoms with van der Waals surface area (Å²) in [5.41, 5.74) is 0. The summed E-state index contributed by atoms with van der Waals surface area (Å²) in [6.45, 7) is 2.40. The van der Waals surface area contributed by atoms with Crippen LogP contribution in [0.2, 0.25) is 0 Å². The molecule has 2 saturated carbocycles. The maximum atomic E-state index is 11.9. The Morgan fingerprint density at radius 1 is 1.44 bits per heavy atom. The number of fused-ring (bicyclic) bond motifs is 2. The molecule has 1 unspecified atom stereocenters. The lowest BCUT2D eigenvalue weighted by Gasteiger charge is -2.22. The normalized spacial score (nSPS) is 42.7. The van der Waals surface area contributed by atoms with Gasteiger partial charge in [-0.25, -0.2) is 4.99 Å². The fourth-order valence-corrected chi connectivity index (χ4v) is 5.12. The van der Waals surface area contributed by atoms with E-state index in [1.165, 1.54) is 25.7 Å². The minimum atomic E-state index is -0.471. The minimum absolute atomic E-state index is 0.00694. The highest BCUT2D eigenvalue weighted by Crippen LogP contribution is 2.51. The van der Waals surface area contributed by atoms with Crippen LogP contribution in [-0.2, 0) is 9.53 Å². The lowest BCUT2D eigenvalue weighted by atomic mass is 9.87. The van der Waals surface area contributed by atoms with Crippen LogP contribution in [0, 0.1) is 17.8 Å². The molecule has 18 heavy (non-hydrogen) atoms. The molecule has 0 aromatic carbocycles. The van der Waals surface area contributed by atoms with Crippen LogP contribution in [-0.4, -0.2) is 29.4 Å². The molecule has 3 rings (SSSR count). The molecule has 1 amide bonds. The van der Waals surface area contributed by atoms with E-state index < -0.39 is 4.75 Å². The first-order valence-corrected chi connectivity index (χ1v) is 7.72. The Bertz CT molecular complexity index is 395. The molecule has 4 heteroatoms. The van der Waals surface area contributed by atoms with Crippen molar-refractivity contribution in [2.45, 2.75) is 43.8 Å². The Hall–Kier alpha value is -0.350. The van der Waals surface area contributed by atoms with E-state index in [0.29, 0.717) is 6.61 Å². The fraction of sp³-hybridized carbons (Fsp3) is 0.857. The van der Waals surface area contributed by atoms with E-state index in [1.807, 2.05) is 6.92 Å². The van der Waals surface area contributed by atoms with E-state index >= 15 is 0 Å². The first kappa shape index (κ1) is 12.7. The Kier molecular flexibility index (Phi) is 3.27. The number of carbonyl (C=O) groups is 1. The highest BCUT2D eigenvalue weighted by molar-refractivity contribution is 8.16. The third kappa shape index (κ3) is 2.14. The molecule has 1 aliphatic heterocycles. The molecule has 0 aromatic heterocycles. The molecule has 3 nitrogen and oxygen atoms in total. The molecule has 0 aromatic rings. The van der Waals surface area contributed by atoms with Gasteiger partial charge in [0.25, 0.3) is 5.91 Å². The summed E-state index contributed by atoms with van der Waals surface area (Å²) in [4.78, 5) is 16.2. The molecular formula is C14H21NO2S. The van der Waals surface area contributed by atoms with Crippen molar-refractivity contribution in [2.24, 2.45) is 22.7 Å². The maximum Gasteiger partial charge on any atom is 0.265 e. The average molecular weight is 267 g/mol. The van der Waals surface area contributed by atoms with E-state index in [4.69, 9.17) is 4.74 Å². The van der Waals surface area contributed by atoms with Gasteiger partial charge in [-0.1, -0.05) is 18.2 Å². The lowest BCUT2D eigenvalue weighted by Crippen LogP contribution is -2.32. The van der Waals surface area contributed by atoms with Gasteiger partial charge in [-0.15, -0.1) is 0 Å². The molecular weight excluding hydrogens is 246 g/mol. The summed E-state index contributed by atoms with van der Waals surface area (Å²) in [6.07, 6.45) is 6.64. The zero-order valence-electron chi connectivity index (χ0n) is 11.1. The molecule has 2 aliphatic carbocycles. The smallest absolute Gasteiger partial charge is 0.265 e. The Balaban J connectivity index is 1.62. The summed E-state index contributed by atoms with van der Waals surface area (Å²) < 4.78 is 4.68. The van der Waals surface area contributed by atoms with Crippen LogP contribution in [0.1, 0.15) is 39.0 Å². The second-order valence-electron chi connectivity index (χ2n) is 6.22. The maximum absolute atomic E-state index is 11.9. The zero-order valence-corrected chi connectivity index (χ0v) is 12.0. The summed E-state index contributed by atoms with van der Waals surface area (Å²) in [7, 11) is 1.65. The Morgan fingerprint density at radius 2 is 2.28 bits per heavy atom. The molecule has 4 atom stereocenters. The SMILES string of the molecule is COCC1(C)SC(C[C@H]2C[C@@H]3CC[C@H]2C3)=NC1=O. The topological polar surface area (TPSA) is 38.7 Å². The molecule has 100 valence electrons. The molecule has 0 spiro atoms. The summed E-state index contributed by atoms with van der Waals surface area (Å²) in [6, 6.07) is 0. The number of aliphatic imine (C=N–C) groups is 1. The number of ether oxygens (including phenoxy) is 1. The van der Waals surface area contributed by atoms with Gasteiger partial charge in [-0.3, -0.25) is 4.79 Å². The van der Waals surface area contributed by atoms with Gasteiger partial charge in [-0.05, 0) is 50.4 Å². The van der Waals surface area contributed by atoms with Crippen molar-refractivity contribution in [3.63, 3.8) is 0 Å². The van der Waals surface area contributed by atoms with Gasteiger partial charge in [0, 0.05) is 7.11 Å². The standard InChI is InChI=1S/C14H21NO2S/c1-14(8-17-2)13(16)15-12(18-14)7-11-6-9-3-4-10(11)5-9/h9-11H,3-8H2,1-2H3/t9-,10+,11-,14?/m1/s1. The Morgan fingerprint density at radius 3 is 2.89 bits per heavy atom. The molecule has 0 N–H and O–H groups in total. The number of hydrogen-bond donors (Lipinski definition) is 0. The number of methoxy groups -OCH3 is 1. The summed E-state index contributed by atoms with van der Waals surface area (Å²) >= 11 is 1.64. The summed E-state index contributed by atoms with van der Waals surface area (Å²) in [5.74, 6) is 2.65. The van der Waals surface area contributed by atoms with Crippen LogP contribution in [0.15, 0.2) is 4.99 Å². The van der Waals surface area contributed by atoms with Crippen molar-refractivity contribution in [1.82, 2.24) is 0 Å². The average Bonchev–Trinajstić information content (AvgIpc) is 2.96. The first-order chi connectivity index (χ1) is 8.60. The molecule has 1 heterocycles. The van der Waals surface area contributed by atoms with Crippen LogP contribution < -0.4 is 0 Å². The van der Waals surface area contributed by atoms with Crippen LogP contribution in [0.25, 0.3) is 0 Å². The zero-order chi connectivity index (χ0) is 12.8. The molecule has 0 saturated heterocycles. The fourth-order valence-electron chi connectivity index (χ4n) is 3.86. The number of carbonyl (C=O) groups excluding carboxylic acids is 1. The van der Waals surface area contributed by atoms with Crippen LogP contribution in [0.4, 0.5) is 0 Å². The monoisotopic (exact) mass is 267 g/mol. The van der Waals surface area contributed by atoms with Crippen molar-refractivity contribution in [2.75, 3.05) is 13.7 Å². The van der Waals surface area contributed by atoms with Crippen molar-refractivity contribution < 1.29 is 9.53 Å². The van der Waals surface area contributed by atoms with Crippen molar-refractivity contribution in [3.05, 3.63) is 0 Å². The molecule has 2 fully saturated rings. The second-order valence-corrected chi connectivity index (χ2v) is 7.79. The highest BCUT2D eigenvalue weighted by atomic mass is 32.2. The highest BCUT2D eigenvalue weighted by Gasteiger charge is 2.44. The second kappa shape index (κ2) is 4.64. The summed E-state index contributed by atoms with van der Waals surface area (Å²) in [5, 5.41) is 1.05.